The Balaban J connectivity index is 2.41. The first-order valence-electron chi connectivity index (χ1n) is 6.10. The van der Waals surface area contributed by atoms with Gasteiger partial charge in [0.2, 0.25) is 0 Å². The maximum Gasteiger partial charge on any atom is 0.188 e. The summed E-state index contributed by atoms with van der Waals surface area (Å²) in [5.74, 6) is 1.69. The Bertz CT molecular complexity index is 428. The number of methoxy groups -OCH3 is 2. The fourth-order valence-electron chi connectivity index (χ4n) is 2.32. The Kier molecular flexibility index (Phi) is 4.09. The molecule has 1 unspecified atom stereocenters. The van der Waals surface area contributed by atoms with E-state index in [2.05, 4.69) is 13.0 Å². The van der Waals surface area contributed by atoms with Crippen molar-refractivity contribution in [2.24, 2.45) is 0 Å². The third-order valence-corrected chi connectivity index (χ3v) is 3.23. The topological polar surface area (TPSA) is 36.9 Å². The minimum atomic E-state index is 0.236. The summed E-state index contributed by atoms with van der Waals surface area (Å²) < 4.78 is 21.7. The Morgan fingerprint density at radius 3 is 2.83 bits per heavy atom. The predicted molar refractivity (Wildman–Crippen MR) is 68.2 cm³/mol. The van der Waals surface area contributed by atoms with Crippen LogP contribution in [0.5, 0.6) is 11.5 Å². The van der Waals surface area contributed by atoms with Gasteiger partial charge in [-0.1, -0.05) is 0 Å². The molecule has 18 heavy (non-hydrogen) atoms. The molecular formula is C14H20O4. The van der Waals surface area contributed by atoms with Crippen molar-refractivity contribution in [1.29, 1.82) is 0 Å². The van der Waals surface area contributed by atoms with Gasteiger partial charge < -0.3 is 18.9 Å². The molecular weight excluding hydrogens is 232 g/mol. The lowest BCUT2D eigenvalue weighted by atomic mass is 9.96. The van der Waals surface area contributed by atoms with E-state index in [-0.39, 0.29) is 12.9 Å². The first-order chi connectivity index (χ1) is 8.67. The summed E-state index contributed by atoms with van der Waals surface area (Å²) in [5.41, 5.74) is 3.37. The van der Waals surface area contributed by atoms with E-state index in [1.807, 2.05) is 6.92 Å². The number of hydrogen-bond donors (Lipinski definition) is 0. The second-order valence-corrected chi connectivity index (χ2v) is 4.55. The third kappa shape index (κ3) is 2.44. The number of rotatable bonds is 4. The van der Waals surface area contributed by atoms with Crippen LogP contribution >= 0.6 is 0 Å². The van der Waals surface area contributed by atoms with Crippen molar-refractivity contribution in [2.75, 3.05) is 21.0 Å². The minimum absolute atomic E-state index is 0.236. The molecule has 1 aliphatic rings. The van der Waals surface area contributed by atoms with E-state index >= 15 is 0 Å². The zero-order valence-electron chi connectivity index (χ0n) is 11.4. The lowest BCUT2D eigenvalue weighted by Crippen LogP contribution is -2.20. The fraction of sp³-hybridized carbons (Fsp3) is 0.571. The molecule has 0 saturated heterocycles. The summed E-state index contributed by atoms with van der Waals surface area (Å²) in [6.45, 7) is 4.91. The van der Waals surface area contributed by atoms with Crippen molar-refractivity contribution in [1.82, 2.24) is 0 Å². The molecule has 0 spiro atoms. The van der Waals surface area contributed by atoms with Gasteiger partial charge in [-0.3, -0.25) is 0 Å². The molecule has 0 saturated carbocycles. The zero-order chi connectivity index (χ0) is 13.1. The Morgan fingerprint density at radius 2 is 2.17 bits per heavy atom. The molecule has 100 valence electrons. The highest BCUT2D eigenvalue weighted by atomic mass is 16.7. The summed E-state index contributed by atoms with van der Waals surface area (Å²) in [5, 5.41) is 0. The molecule has 1 heterocycles. The van der Waals surface area contributed by atoms with E-state index in [4.69, 9.17) is 18.9 Å². The first-order valence-corrected chi connectivity index (χ1v) is 6.10. The van der Waals surface area contributed by atoms with Crippen LogP contribution in [0.4, 0.5) is 0 Å². The molecule has 0 fully saturated rings. The number of benzene rings is 1. The normalized spacial score (nSPS) is 18.3. The van der Waals surface area contributed by atoms with E-state index in [1.165, 1.54) is 5.56 Å². The Morgan fingerprint density at radius 1 is 1.39 bits per heavy atom. The highest BCUT2D eigenvalue weighted by Crippen LogP contribution is 2.37. The van der Waals surface area contributed by atoms with Crippen LogP contribution in [0.3, 0.4) is 0 Å². The molecule has 4 heteroatoms. The molecule has 2 rings (SSSR count). The van der Waals surface area contributed by atoms with E-state index in [9.17, 15) is 0 Å². The van der Waals surface area contributed by atoms with Crippen LogP contribution in [0.2, 0.25) is 0 Å². The summed E-state index contributed by atoms with van der Waals surface area (Å²) in [4.78, 5) is 0. The van der Waals surface area contributed by atoms with Gasteiger partial charge in [-0.25, -0.2) is 0 Å². The van der Waals surface area contributed by atoms with E-state index in [0.717, 1.165) is 29.0 Å². The van der Waals surface area contributed by atoms with Crippen molar-refractivity contribution in [2.45, 2.75) is 33.0 Å². The van der Waals surface area contributed by atoms with Gasteiger partial charge in [-0.05, 0) is 31.9 Å². The summed E-state index contributed by atoms with van der Waals surface area (Å²) in [6, 6.07) is 2.07. The predicted octanol–water partition coefficient (Wildman–Crippen LogP) is 2.45. The molecule has 0 N–H and O–H groups in total. The number of ether oxygens (including phenoxy) is 4. The van der Waals surface area contributed by atoms with Crippen molar-refractivity contribution in [3.8, 4) is 11.5 Å². The lowest BCUT2D eigenvalue weighted by Gasteiger charge is -2.26. The van der Waals surface area contributed by atoms with Crippen LogP contribution in [0, 0.1) is 6.92 Å². The minimum Gasteiger partial charge on any atom is -0.496 e. The van der Waals surface area contributed by atoms with Gasteiger partial charge in [0, 0.05) is 18.2 Å². The van der Waals surface area contributed by atoms with Gasteiger partial charge >= 0.3 is 0 Å². The molecule has 4 nitrogen and oxygen atoms in total. The second kappa shape index (κ2) is 5.59. The van der Waals surface area contributed by atoms with Crippen molar-refractivity contribution in [3.05, 3.63) is 22.8 Å². The van der Waals surface area contributed by atoms with Crippen LogP contribution in [0.1, 0.15) is 23.6 Å². The smallest absolute Gasteiger partial charge is 0.188 e. The van der Waals surface area contributed by atoms with Gasteiger partial charge in [-0.2, -0.15) is 0 Å². The van der Waals surface area contributed by atoms with Crippen LogP contribution in [0.15, 0.2) is 6.07 Å². The molecule has 0 aliphatic carbocycles. The van der Waals surface area contributed by atoms with Crippen molar-refractivity contribution in [3.63, 3.8) is 0 Å². The largest absolute Gasteiger partial charge is 0.496 e. The molecule has 1 aliphatic heterocycles. The van der Waals surface area contributed by atoms with E-state index in [1.54, 1.807) is 14.2 Å². The quantitative estimate of drug-likeness (QED) is 0.771. The SMILES string of the molecule is COCOc1cc2c(c(OC)c1C)COC(C)C2. The van der Waals surface area contributed by atoms with Gasteiger partial charge in [0.1, 0.15) is 11.5 Å². The highest BCUT2D eigenvalue weighted by molar-refractivity contribution is 5.54. The van der Waals surface area contributed by atoms with Crippen molar-refractivity contribution < 1.29 is 18.9 Å². The number of fused-ring (bicyclic) bond motifs is 1. The average Bonchev–Trinajstić information content (AvgIpc) is 2.36. The Hall–Kier alpha value is -1.26. The van der Waals surface area contributed by atoms with Crippen molar-refractivity contribution >= 4 is 0 Å². The highest BCUT2D eigenvalue weighted by Gasteiger charge is 2.23. The summed E-state index contributed by atoms with van der Waals surface area (Å²) in [7, 11) is 3.29. The maximum atomic E-state index is 5.68. The average molecular weight is 252 g/mol. The molecule has 0 radical (unpaired) electrons. The molecule has 1 atom stereocenters. The van der Waals surface area contributed by atoms with Gasteiger partial charge in [0.25, 0.3) is 0 Å². The van der Waals surface area contributed by atoms with E-state index in [0.29, 0.717) is 6.61 Å². The third-order valence-electron chi connectivity index (χ3n) is 3.23. The van der Waals surface area contributed by atoms with Gasteiger partial charge in [0.05, 0.1) is 19.8 Å². The monoisotopic (exact) mass is 252 g/mol. The second-order valence-electron chi connectivity index (χ2n) is 4.55. The fourth-order valence-corrected chi connectivity index (χ4v) is 2.32. The lowest BCUT2D eigenvalue weighted by molar-refractivity contribution is 0.0378. The van der Waals surface area contributed by atoms with Crippen LogP contribution in [-0.4, -0.2) is 27.1 Å². The Labute approximate surface area is 108 Å². The molecule has 1 aromatic rings. The van der Waals surface area contributed by atoms with Gasteiger partial charge in [-0.15, -0.1) is 0 Å². The molecule has 1 aromatic carbocycles. The maximum absolute atomic E-state index is 5.68. The van der Waals surface area contributed by atoms with Crippen LogP contribution in [0.25, 0.3) is 0 Å². The zero-order valence-corrected chi connectivity index (χ0v) is 11.4. The van der Waals surface area contributed by atoms with Crippen LogP contribution < -0.4 is 9.47 Å². The molecule has 0 aromatic heterocycles. The van der Waals surface area contributed by atoms with Crippen LogP contribution in [-0.2, 0) is 22.5 Å². The molecule has 0 bridgehead atoms. The first kappa shape index (κ1) is 13.2. The molecule has 0 amide bonds. The summed E-state index contributed by atoms with van der Waals surface area (Å²) >= 11 is 0. The van der Waals surface area contributed by atoms with E-state index < -0.39 is 0 Å². The van der Waals surface area contributed by atoms with Gasteiger partial charge in [0.15, 0.2) is 6.79 Å². The standard InChI is InChI=1S/C14H20O4/c1-9-5-11-6-13(18-8-15-3)10(2)14(16-4)12(11)7-17-9/h6,9H,5,7-8H2,1-4H3. The summed E-state index contributed by atoms with van der Waals surface area (Å²) in [6.07, 6.45) is 1.12. The number of hydrogen-bond acceptors (Lipinski definition) is 4.